The fourth-order valence-corrected chi connectivity index (χ4v) is 1.36. The molecule has 0 aliphatic rings. The van der Waals surface area contributed by atoms with Crippen LogP contribution in [0.15, 0.2) is 6.07 Å². The molecular weight excluding hydrogens is 204 g/mol. The van der Waals surface area contributed by atoms with Crippen LogP contribution in [0.4, 0.5) is 5.69 Å². The summed E-state index contributed by atoms with van der Waals surface area (Å²) < 4.78 is 4.99. The van der Waals surface area contributed by atoms with Crippen LogP contribution in [0.1, 0.15) is 15.9 Å². The molecule has 1 aromatic rings. The van der Waals surface area contributed by atoms with Crippen LogP contribution in [0.5, 0.6) is 5.75 Å². The smallest absolute Gasteiger partial charge is 0.252 e. The van der Waals surface area contributed by atoms with E-state index in [0.717, 1.165) is 0 Å². The first kappa shape index (κ1) is 10.7. The van der Waals surface area contributed by atoms with E-state index in [-0.39, 0.29) is 11.3 Å². The van der Waals surface area contributed by atoms with E-state index in [2.05, 4.69) is 0 Å². The molecule has 0 radical (unpaired) electrons. The molecule has 0 fully saturated rings. The maximum Gasteiger partial charge on any atom is 0.252 e. The Hall–Kier alpha value is -1.42. The molecule has 0 unspecified atom stereocenters. The lowest BCUT2D eigenvalue weighted by Crippen LogP contribution is -2.14. The molecule has 0 saturated heterocycles. The zero-order valence-electron chi connectivity index (χ0n) is 7.93. The van der Waals surface area contributed by atoms with Crippen molar-refractivity contribution in [1.29, 1.82) is 0 Å². The summed E-state index contributed by atoms with van der Waals surface area (Å²) in [6.45, 7) is 1.74. The third-order valence-corrected chi connectivity index (χ3v) is 2.38. The first-order valence-electron chi connectivity index (χ1n) is 3.91. The molecule has 0 aromatic heterocycles. The second kappa shape index (κ2) is 3.75. The number of nitrogen functional groups attached to an aromatic ring is 1. The van der Waals surface area contributed by atoms with Crippen molar-refractivity contribution in [3.63, 3.8) is 0 Å². The number of ether oxygens (including phenoxy) is 1. The normalized spacial score (nSPS) is 9.93. The van der Waals surface area contributed by atoms with Gasteiger partial charge in [0.15, 0.2) is 5.75 Å². The van der Waals surface area contributed by atoms with Crippen molar-refractivity contribution in [3.05, 3.63) is 22.2 Å². The van der Waals surface area contributed by atoms with Gasteiger partial charge in [0.25, 0.3) is 5.91 Å². The summed E-state index contributed by atoms with van der Waals surface area (Å²) in [5.74, 6) is -0.338. The number of hydrogen-bond donors (Lipinski definition) is 2. The Balaban J connectivity index is 3.51. The molecule has 1 rings (SSSR count). The van der Waals surface area contributed by atoms with E-state index in [9.17, 15) is 4.79 Å². The lowest BCUT2D eigenvalue weighted by molar-refractivity contribution is 0.0997. The van der Waals surface area contributed by atoms with E-state index in [1.807, 2.05) is 0 Å². The van der Waals surface area contributed by atoms with Crippen LogP contribution in [0, 0.1) is 6.92 Å². The lowest BCUT2D eigenvalue weighted by atomic mass is 10.1. The van der Waals surface area contributed by atoms with Gasteiger partial charge in [0.1, 0.15) is 0 Å². The highest BCUT2D eigenvalue weighted by atomic mass is 35.5. The monoisotopic (exact) mass is 214 g/mol. The average Bonchev–Trinajstić information content (AvgIpc) is 2.13. The minimum atomic E-state index is -0.615. The van der Waals surface area contributed by atoms with Crippen molar-refractivity contribution in [2.75, 3.05) is 12.8 Å². The number of amides is 1. The predicted molar refractivity (Wildman–Crippen MR) is 55.7 cm³/mol. The highest BCUT2D eigenvalue weighted by molar-refractivity contribution is 6.32. The minimum Gasteiger partial charge on any atom is -0.494 e. The molecule has 0 saturated carbocycles. The third-order valence-electron chi connectivity index (χ3n) is 1.99. The number of nitrogens with two attached hydrogens (primary N) is 2. The summed E-state index contributed by atoms with van der Waals surface area (Å²) in [5, 5.41) is 0.400. The SMILES string of the molecule is COc1c(C(N)=O)cc(Cl)c(C)c1N. The van der Waals surface area contributed by atoms with E-state index < -0.39 is 5.91 Å². The van der Waals surface area contributed by atoms with Crippen LogP contribution in [-0.2, 0) is 0 Å². The highest BCUT2D eigenvalue weighted by Gasteiger charge is 2.16. The molecule has 0 aliphatic carbocycles. The van der Waals surface area contributed by atoms with Crippen LogP contribution in [0.2, 0.25) is 5.02 Å². The van der Waals surface area contributed by atoms with Gasteiger partial charge in [-0.15, -0.1) is 0 Å². The van der Waals surface area contributed by atoms with Gasteiger partial charge in [-0.2, -0.15) is 0 Å². The minimum absolute atomic E-state index is 0.195. The Morgan fingerprint density at radius 1 is 1.57 bits per heavy atom. The Morgan fingerprint density at radius 2 is 2.14 bits per heavy atom. The summed E-state index contributed by atoms with van der Waals surface area (Å²) in [5.41, 5.74) is 12.1. The van der Waals surface area contributed by atoms with Gasteiger partial charge in [-0.05, 0) is 18.6 Å². The second-order valence-electron chi connectivity index (χ2n) is 2.84. The second-order valence-corrected chi connectivity index (χ2v) is 3.25. The van der Waals surface area contributed by atoms with Crippen LogP contribution in [0.25, 0.3) is 0 Å². The van der Waals surface area contributed by atoms with E-state index in [1.165, 1.54) is 13.2 Å². The Labute approximate surface area is 86.8 Å². The zero-order chi connectivity index (χ0) is 10.9. The topological polar surface area (TPSA) is 78.3 Å². The van der Waals surface area contributed by atoms with Gasteiger partial charge in [-0.1, -0.05) is 11.6 Å². The Morgan fingerprint density at radius 3 is 2.57 bits per heavy atom. The molecule has 4 nitrogen and oxygen atoms in total. The number of benzene rings is 1. The van der Waals surface area contributed by atoms with Crippen LogP contribution >= 0.6 is 11.6 Å². The van der Waals surface area contributed by atoms with Crippen molar-refractivity contribution in [2.45, 2.75) is 6.92 Å². The van der Waals surface area contributed by atoms with Gasteiger partial charge in [-0.3, -0.25) is 4.79 Å². The van der Waals surface area contributed by atoms with Gasteiger partial charge in [0, 0.05) is 5.02 Å². The molecule has 1 aromatic carbocycles. The molecule has 4 N–H and O–H groups in total. The molecule has 0 heterocycles. The van der Waals surface area contributed by atoms with Crippen molar-refractivity contribution in [1.82, 2.24) is 0 Å². The summed E-state index contributed by atoms with van der Waals surface area (Å²) in [4.78, 5) is 11.0. The summed E-state index contributed by atoms with van der Waals surface area (Å²) in [6.07, 6.45) is 0. The number of halogens is 1. The quantitative estimate of drug-likeness (QED) is 0.730. The van der Waals surface area contributed by atoms with Gasteiger partial charge in [0.2, 0.25) is 0 Å². The molecule has 76 valence electrons. The fourth-order valence-electron chi connectivity index (χ4n) is 1.15. The maximum atomic E-state index is 11.0. The van der Waals surface area contributed by atoms with E-state index in [1.54, 1.807) is 6.92 Å². The number of rotatable bonds is 2. The molecule has 0 atom stereocenters. The molecule has 5 heteroatoms. The average molecular weight is 215 g/mol. The van der Waals surface area contributed by atoms with Crippen LogP contribution < -0.4 is 16.2 Å². The van der Waals surface area contributed by atoms with Gasteiger partial charge >= 0.3 is 0 Å². The van der Waals surface area contributed by atoms with Crippen LogP contribution in [0.3, 0.4) is 0 Å². The molecule has 14 heavy (non-hydrogen) atoms. The fraction of sp³-hybridized carbons (Fsp3) is 0.222. The largest absolute Gasteiger partial charge is 0.494 e. The van der Waals surface area contributed by atoms with E-state index >= 15 is 0 Å². The molecular formula is C9H11ClN2O2. The zero-order valence-corrected chi connectivity index (χ0v) is 8.68. The number of hydrogen-bond acceptors (Lipinski definition) is 3. The molecule has 0 bridgehead atoms. The number of carbonyl (C=O) groups excluding carboxylic acids is 1. The van der Waals surface area contributed by atoms with Gasteiger partial charge in [0.05, 0.1) is 18.4 Å². The first-order chi connectivity index (χ1) is 6.49. The molecule has 0 spiro atoms. The Kier molecular flexibility index (Phi) is 2.86. The maximum absolute atomic E-state index is 11.0. The van der Waals surface area contributed by atoms with Gasteiger partial charge < -0.3 is 16.2 Å². The predicted octanol–water partition coefficient (Wildman–Crippen LogP) is 1.34. The van der Waals surface area contributed by atoms with Crippen molar-refractivity contribution < 1.29 is 9.53 Å². The summed E-state index contributed by atoms with van der Waals surface area (Å²) in [6, 6.07) is 1.45. The lowest BCUT2D eigenvalue weighted by Gasteiger charge is -2.12. The van der Waals surface area contributed by atoms with Crippen LogP contribution in [-0.4, -0.2) is 13.0 Å². The highest BCUT2D eigenvalue weighted by Crippen LogP contribution is 2.34. The standard InChI is InChI=1S/C9H11ClN2O2/c1-4-6(10)3-5(9(12)13)8(14-2)7(4)11/h3H,11H2,1-2H3,(H2,12,13). The molecule has 0 aliphatic heterocycles. The first-order valence-corrected chi connectivity index (χ1v) is 4.29. The Bertz CT molecular complexity index is 391. The van der Waals surface area contributed by atoms with Gasteiger partial charge in [-0.25, -0.2) is 0 Å². The summed E-state index contributed by atoms with van der Waals surface area (Å²) >= 11 is 5.85. The van der Waals surface area contributed by atoms with E-state index in [0.29, 0.717) is 16.3 Å². The van der Waals surface area contributed by atoms with Crippen molar-refractivity contribution in [3.8, 4) is 5.75 Å². The third kappa shape index (κ3) is 1.61. The summed E-state index contributed by atoms with van der Waals surface area (Å²) in [7, 11) is 1.42. The number of methoxy groups -OCH3 is 1. The van der Waals surface area contributed by atoms with Crippen molar-refractivity contribution in [2.24, 2.45) is 5.73 Å². The van der Waals surface area contributed by atoms with E-state index in [4.69, 9.17) is 27.8 Å². The number of primary amides is 1. The number of carbonyl (C=O) groups is 1. The van der Waals surface area contributed by atoms with Crippen molar-refractivity contribution >= 4 is 23.2 Å². The molecule has 1 amide bonds. The number of anilines is 1.